The zero-order chi connectivity index (χ0) is 17.7. The number of hydrogen-bond donors (Lipinski definition) is 9. The smallest absolute Gasteiger partial charge is 0.187 e. The highest BCUT2D eigenvalue weighted by Crippen LogP contribution is 2.24. The van der Waals surface area contributed by atoms with Crippen LogP contribution in [0.25, 0.3) is 0 Å². The van der Waals surface area contributed by atoms with Crippen molar-refractivity contribution in [2.45, 2.75) is 55.1 Å². The van der Waals surface area contributed by atoms with Crippen LogP contribution in [0.5, 0.6) is 0 Å². The van der Waals surface area contributed by atoms with Gasteiger partial charge in [-0.05, 0) is 0 Å². The molecule has 0 amide bonds. The monoisotopic (exact) mass is 344 g/mol. The molecular formula is C12H24O11. The van der Waals surface area contributed by atoms with E-state index < -0.39 is 74.9 Å². The van der Waals surface area contributed by atoms with Gasteiger partial charge in [-0.25, -0.2) is 0 Å². The van der Waals surface area contributed by atoms with Gasteiger partial charge in [-0.3, -0.25) is 0 Å². The molecule has 1 rings (SSSR count). The first kappa shape index (κ1) is 20.6. The molecule has 0 saturated carbocycles. The van der Waals surface area contributed by atoms with Crippen molar-refractivity contribution in [2.24, 2.45) is 0 Å². The number of rotatable bonds is 8. The molecule has 0 unspecified atom stereocenters. The predicted molar refractivity (Wildman–Crippen MR) is 70.8 cm³/mol. The third-order valence-corrected chi connectivity index (χ3v) is 3.62. The van der Waals surface area contributed by atoms with Crippen molar-refractivity contribution < 1.29 is 55.4 Å². The van der Waals surface area contributed by atoms with E-state index in [9.17, 15) is 30.6 Å². The largest absolute Gasteiger partial charge is 0.394 e. The highest BCUT2D eigenvalue weighted by molar-refractivity contribution is 4.91. The molecule has 1 heterocycles. The number of aliphatic hydroxyl groups excluding tert-OH is 9. The van der Waals surface area contributed by atoms with E-state index >= 15 is 0 Å². The molecule has 1 saturated heterocycles. The summed E-state index contributed by atoms with van der Waals surface area (Å²) in [6.45, 7) is -2.45. The standard InChI is InChI=1S/C12H24O11/c13-1-4(16)7(18)11(5(17)2-14)23-12-10(21)9(20)8(19)6(3-15)22-12/h4-21H,1-3H2/t4-,5+,6+,7+,8+,9-,10+,11-,12+/m0/s1. The van der Waals surface area contributed by atoms with Crippen molar-refractivity contribution in [3.05, 3.63) is 0 Å². The quantitative estimate of drug-likeness (QED) is 0.203. The summed E-state index contributed by atoms with van der Waals surface area (Å²) >= 11 is 0. The summed E-state index contributed by atoms with van der Waals surface area (Å²) in [4.78, 5) is 0. The Balaban J connectivity index is 2.89. The first-order chi connectivity index (χ1) is 10.8. The fourth-order valence-corrected chi connectivity index (χ4v) is 2.16. The Morgan fingerprint density at radius 3 is 1.87 bits per heavy atom. The van der Waals surface area contributed by atoms with Gasteiger partial charge in [0.05, 0.1) is 19.8 Å². The Labute approximate surface area is 131 Å². The average molecular weight is 344 g/mol. The van der Waals surface area contributed by atoms with Gasteiger partial charge in [0.25, 0.3) is 0 Å². The van der Waals surface area contributed by atoms with E-state index in [0.717, 1.165) is 0 Å². The van der Waals surface area contributed by atoms with E-state index in [2.05, 4.69) is 0 Å². The van der Waals surface area contributed by atoms with Gasteiger partial charge in [0, 0.05) is 0 Å². The Kier molecular flexibility index (Phi) is 8.20. The SMILES string of the molecule is OC[C@@H](O)[C@H](O[C@H]1O[C@H](CO)[C@@H](O)[C@H](O)[C@H]1O)[C@H](O)[C@@H](O)CO. The molecule has 9 N–H and O–H groups in total. The van der Waals surface area contributed by atoms with Crippen LogP contribution in [0.1, 0.15) is 0 Å². The third-order valence-electron chi connectivity index (χ3n) is 3.62. The van der Waals surface area contributed by atoms with Crippen molar-refractivity contribution in [1.29, 1.82) is 0 Å². The summed E-state index contributed by atoms with van der Waals surface area (Å²) in [5.41, 5.74) is 0. The van der Waals surface area contributed by atoms with Gasteiger partial charge in [-0.15, -0.1) is 0 Å². The van der Waals surface area contributed by atoms with Gasteiger partial charge < -0.3 is 55.4 Å². The van der Waals surface area contributed by atoms with Gasteiger partial charge in [0.2, 0.25) is 0 Å². The lowest BCUT2D eigenvalue weighted by atomic mass is 9.98. The van der Waals surface area contributed by atoms with Gasteiger partial charge in [-0.2, -0.15) is 0 Å². The summed E-state index contributed by atoms with van der Waals surface area (Å²) in [5, 5.41) is 84.9. The van der Waals surface area contributed by atoms with Crippen molar-refractivity contribution >= 4 is 0 Å². The van der Waals surface area contributed by atoms with Crippen LogP contribution < -0.4 is 0 Å². The Morgan fingerprint density at radius 2 is 1.39 bits per heavy atom. The highest BCUT2D eigenvalue weighted by atomic mass is 16.7. The van der Waals surface area contributed by atoms with E-state index in [0.29, 0.717) is 0 Å². The first-order valence-electron chi connectivity index (χ1n) is 7.00. The van der Waals surface area contributed by atoms with Gasteiger partial charge in [0.15, 0.2) is 6.29 Å². The van der Waals surface area contributed by atoms with Crippen molar-refractivity contribution in [2.75, 3.05) is 19.8 Å². The molecule has 138 valence electrons. The molecule has 0 radical (unpaired) electrons. The summed E-state index contributed by atoms with van der Waals surface area (Å²) in [6, 6.07) is 0. The predicted octanol–water partition coefficient (Wildman–Crippen LogP) is -5.76. The molecule has 0 aromatic carbocycles. The number of aliphatic hydroxyl groups is 9. The second kappa shape index (κ2) is 9.15. The summed E-state index contributed by atoms with van der Waals surface area (Å²) in [5.74, 6) is 0. The van der Waals surface area contributed by atoms with Crippen LogP contribution in [0, 0.1) is 0 Å². The van der Waals surface area contributed by atoms with E-state index in [1.807, 2.05) is 0 Å². The fourth-order valence-electron chi connectivity index (χ4n) is 2.16. The second-order valence-corrected chi connectivity index (χ2v) is 5.29. The Hall–Kier alpha value is -0.440. The van der Waals surface area contributed by atoms with Crippen LogP contribution in [0.15, 0.2) is 0 Å². The molecule has 9 atom stereocenters. The zero-order valence-electron chi connectivity index (χ0n) is 12.2. The molecule has 0 spiro atoms. The molecule has 0 bridgehead atoms. The van der Waals surface area contributed by atoms with Gasteiger partial charge >= 0.3 is 0 Å². The van der Waals surface area contributed by atoms with Gasteiger partial charge in [0.1, 0.15) is 48.8 Å². The van der Waals surface area contributed by atoms with Crippen LogP contribution in [0.3, 0.4) is 0 Å². The molecule has 0 aromatic heterocycles. The lowest BCUT2D eigenvalue weighted by Gasteiger charge is -2.42. The van der Waals surface area contributed by atoms with Crippen LogP contribution >= 0.6 is 0 Å². The van der Waals surface area contributed by atoms with Crippen LogP contribution in [-0.4, -0.2) is 121 Å². The fraction of sp³-hybridized carbons (Fsp3) is 1.00. The Bertz CT molecular complexity index is 341. The van der Waals surface area contributed by atoms with Crippen LogP contribution in [0.4, 0.5) is 0 Å². The minimum Gasteiger partial charge on any atom is -0.394 e. The zero-order valence-corrected chi connectivity index (χ0v) is 12.2. The molecule has 1 aliphatic heterocycles. The van der Waals surface area contributed by atoms with E-state index in [1.165, 1.54) is 0 Å². The molecular weight excluding hydrogens is 320 g/mol. The lowest BCUT2D eigenvalue weighted by Crippen LogP contribution is -2.61. The average Bonchev–Trinajstić information content (AvgIpc) is 2.57. The molecule has 0 aromatic rings. The maximum absolute atomic E-state index is 9.83. The van der Waals surface area contributed by atoms with E-state index in [1.54, 1.807) is 0 Å². The maximum Gasteiger partial charge on any atom is 0.187 e. The first-order valence-corrected chi connectivity index (χ1v) is 7.00. The van der Waals surface area contributed by atoms with Crippen molar-refractivity contribution in [3.63, 3.8) is 0 Å². The normalized spacial score (nSPS) is 37.2. The molecule has 23 heavy (non-hydrogen) atoms. The van der Waals surface area contributed by atoms with E-state index in [-0.39, 0.29) is 0 Å². The summed E-state index contributed by atoms with van der Waals surface area (Å²) in [7, 11) is 0. The number of ether oxygens (including phenoxy) is 2. The maximum atomic E-state index is 9.83. The Morgan fingerprint density at radius 1 is 0.826 bits per heavy atom. The molecule has 0 aliphatic carbocycles. The summed E-state index contributed by atoms with van der Waals surface area (Å²) < 4.78 is 10.1. The highest BCUT2D eigenvalue weighted by Gasteiger charge is 2.46. The lowest BCUT2D eigenvalue weighted by molar-refractivity contribution is -0.327. The molecule has 11 heteroatoms. The van der Waals surface area contributed by atoms with Crippen molar-refractivity contribution in [3.8, 4) is 0 Å². The van der Waals surface area contributed by atoms with Crippen molar-refractivity contribution in [1.82, 2.24) is 0 Å². The molecule has 11 nitrogen and oxygen atoms in total. The van der Waals surface area contributed by atoms with Crippen LogP contribution in [-0.2, 0) is 9.47 Å². The summed E-state index contributed by atoms with van der Waals surface area (Å²) in [6.07, 6.45) is -15.1. The molecule has 1 fully saturated rings. The second-order valence-electron chi connectivity index (χ2n) is 5.29. The minimum atomic E-state index is -1.85. The number of hydrogen-bond acceptors (Lipinski definition) is 11. The van der Waals surface area contributed by atoms with Crippen LogP contribution in [0.2, 0.25) is 0 Å². The topological polar surface area (TPSA) is 201 Å². The van der Waals surface area contributed by atoms with Gasteiger partial charge in [-0.1, -0.05) is 0 Å². The third kappa shape index (κ3) is 4.78. The van der Waals surface area contributed by atoms with E-state index in [4.69, 9.17) is 24.8 Å². The molecule has 1 aliphatic rings. The minimum absolute atomic E-state index is 0.708.